The Labute approximate surface area is 152 Å². The normalized spacial score (nSPS) is 13.6. The number of nitrogens with one attached hydrogen (secondary N) is 1. The highest BCUT2D eigenvalue weighted by Gasteiger charge is 2.32. The van der Waals surface area contributed by atoms with Crippen LogP contribution in [0.15, 0.2) is 60.7 Å². The van der Waals surface area contributed by atoms with Gasteiger partial charge in [-0.2, -0.15) is 8.42 Å². The third kappa shape index (κ3) is 6.47. The number of aliphatic hydroxyl groups is 1. The lowest BCUT2D eigenvalue weighted by atomic mass is 10.00. The number of alkyl carbamates (subject to hydrolysis) is 1. The van der Waals surface area contributed by atoms with E-state index in [9.17, 15) is 18.3 Å². The van der Waals surface area contributed by atoms with Crippen LogP contribution in [-0.2, 0) is 31.4 Å². The molecule has 0 saturated carbocycles. The molecule has 2 rings (SSSR count). The van der Waals surface area contributed by atoms with Gasteiger partial charge in [-0.15, -0.1) is 0 Å². The van der Waals surface area contributed by atoms with Crippen LogP contribution in [0.1, 0.15) is 17.5 Å². The van der Waals surface area contributed by atoms with Crippen LogP contribution in [-0.4, -0.2) is 32.5 Å². The molecule has 2 aromatic carbocycles. The van der Waals surface area contributed by atoms with E-state index in [1.165, 1.54) is 0 Å². The summed E-state index contributed by atoms with van der Waals surface area (Å²) in [6.45, 7) is -0.263. The minimum absolute atomic E-state index is 0.0391. The van der Waals surface area contributed by atoms with E-state index in [0.29, 0.717) is 5.56 Å². The molecule has 1 amide bonds. The lowest BCUT2D eigenvalue weighted by Crippen LogP contribution is -2.47. The van der Waals surface area contributed by atoms with E-state index in [1.54, 1.807) is 42.5 Å². The van der Waals surface area contributed by atoms with Crippen molar-refractivity contribution in [3.8, 4) is 0 Å². The maximum absolute atomic E-state index is 12.1. The van der Waals surface area contributed by atoms with Gasteiger partial charge in [0.05, 0.1) is 12.9 Å². The summed E-state index contributed by atoms with van der Waals surface area (Å²) < 4.78 is 32.0. The highest BCUT2D eigenvalue weighted by atomic mass is 32.2. The molecule has 8 heteroatoms. The summed E-state index contributed by atoms with van der Waals surface area (Å²) in [4.78, 5) is 12.1. The number of ether oxygens (including phenoxy) is 1. The zero-order valence-electron chi connectivity index (χ0n) is 14.3. The Morgan fingerprint density at radius 2 is 1.65 bits per heavy atom. The van der Waals surface area contributed by atoms with Crippen molar-refractivity contribution in [3.63, 3.8) is 0 Å². The van der Waals surface area contributed by atoms with E-state index in [-0.39, 0.29) is 19.6 Å². The molecule has 2 N–H and O–H groups in total. The highest BCUT2D eigenvalue weighted by molar-refractivity contribution is 7.85. The second-order valence-corrected chi connectivity index (χ2v) is 7.33. The summed E-state index contributed by atoms with van der Waals surface area (Å²) in [7, 11) is -3.66. The molecule has 26 heavy (non-hydrogen) atoms. The maximum Gasteiger partial charge on any atom is 0.409 e. The molecule has 0 aliphatic rings. The zero-order valence-corrected chi connectivity index (χ0v) is 15.1. The molecule has 1 atom stereocenters. The molecule has 0 aliphatic carbocycles. The molecule has 0 radical (unpaired) electrons. The molecular formula is C18H21NO6S. The van der Waals surface area contributed by atoms with Crippen molar-refractivity contribution in [2.24, 2.45) is 0 Å². The summed E-state index contributed by atoms with van der Waals surface area (Å²) >= 11 is 0. The van der Waals surface area contributed by atoms with Crippen molar-refractivity contribution in [3.05, 3.63) is 71.8 Å². The highest BCUT2D eigenvalue weighted by Crippen LogP contribution is 2.22. The number of amides is 1. The third-order valence-corrected chi connectivity index (χ3v) is 4.13. The standard InChI is InChI=1S/C18H21NO6S/c1-26(22,23)25-13-12-18(21,16-10-6-3-7-11-16)19-17(20)24-14-15-8-4-2-5-9-15/h2-11,21H,12-14H2,1H3,(H,19,20). The van der Waals surface area contributed by atoms with Crippen LogP contribution in [0.2, 0.25) is 0 Å². The van der Waals surface area contributed by atoms with E-state index in [0.717, 1.165) is 11.8 Å². The van der Waals surface area contributed by atoms with Gasteiger partial charge in [0.1, 0.15) is 6.61 Å². The van der Waals surface area contributed by atoms with Crippen LogP contribution in [0, 0.1) is 0 Å². The molecule has 0 aliphatic heterocycles. The Kier molecular flexibility index (Phi) is 6.73. The number of benzene rings is 2. The first-order valence-corrected chi connectivity index (χ1v) is 9.71. The molecule has 0 aromatic heterocycles. The average Bonchev–Trinajstić information content (AvgIpc) is 2.60. The SMILES string of the molecule is CS(=O)(=O)OCCC(O)(NC(=O)OCc1ccccc1)c1ccccc1. The smallest absolute Gasteiger partial charge is 0.409 e. The molecule has 2 aromatic rings. The fourth-order valence-corrected chi connectivity index (χ4v) is 2.65. The van der Waals surface area contributed by atoms with E-state index < -0.39 is 21.9 Å². The lowest BCUT2D eigenvalue weighted by Gasteiger charge is -2.29. The van der Waals surface area contributed by atoms with Gasteiger partial charge in [-0.05, 0) is 5.56 Å². The Morgan fingerprint density at radius 1 is 1.08 bits per heavy atom. The number of hydrogen-bond acceptors (Lipinski definition) is 6. The van der Waals surface area contributed by atoms with E-state index >= 15 is 0 Å². The largest absolute Gasteiger partial charge is 0.445 e. The van der Waals surface area contributed by atoms with Gasteiger partial charge >= 0.3 is 6.09 Å². The molecule has 0 spiro atoms. The first-order valence-electron chi connectivity index (χ1n) is 7.90. The summed E-state index contributed by atoms with van der Waals surface area (Å²) in [5.41, 5.74) is -0.653. The van der Waals surface area contributed by atoms with Crippen molar-refractivity contribution < 1.29 is 27.2 Å². The van der Waals surface area contributed by atoms with E-state index in [2.05, 4.69) is 9.50 Å². The molecule has 0 heterocycles. The maximum atomic E-state index is 12.1. The van der Waals surface area contributed by atoms with Crippen LogP contribution in [0.3, 0.4) is 0 Å². The topological polar surface area (TPSA) is 102 Å². The molecule has 140 valence electrons. The molecule has 1 unspecified atom stereocenters. The lowest BCUT2D eigenvalue weighted by molar-refractivity contribution is -0.0180. The molecular weight excluding hydrogens is 358 g/mol. The van der Waals surface area contributed by atoms with Gasteiger partial charge in [0.2, 0.25) is 0 Å². The fraction of sp³-hybridized carbons (Fsp3) is 0.278. The van der Waals surface area contributed by atoms with Gasteiger partial charge in [0.15, 0.2) is 5.72 Å². The van der Waals surface area contributed by atoms with Gasteiger partial charge in [0.25, 0.3) is 10.1 Å². The third-order valence-electron chi connectivity index (χ3n) is 3.53. The van der Waals surface area contributed by atoms with E-state index in [4.69, 9.17) is 4.74 Å². The number of hydrogen-bond donors (Lipinski definition) is 2. The van der Waals surface area contributed by atoms with Gasteiger partial charge in [0, 0.05) is 12.0 Å². The average molecular weight is 379 g/mol. The monoisotopic (exact) mass is 379 g/mol. The van der Waals surface area contributed by atoms with Gasteiger partial charge in [-0.25, -0.2) is 4.79 Å². The first kappa shape index (κ1) is 19.9. The molecule has 0 fully saturated rings. The van der Waals surface area contributed by atoms with Crippen molar-refractivity contribution in [2.45, 2.75) is 18.8 Å². The van der Waals surface area contributed by atoms with Gasteiger partial charge < -0.3 is 9.84 Å². The summed E-state index contributed by atoms with van der Waals surface area (Å²) in [5, 5.41) is 13.2. The Hall–Kier alpha value is -2.42. The zero-order chi connectivity index (χ0) is 19.0. The van der Waals surface area contributed by atoms with Crippen LogP contribution in [0.5, 0.6) is 0 Å². The van der Waals surface area contributed by atoms with Crippen molar-refractivity contribution >= 4 is 16.2 Å². The molecule has 0 saturated heterocycles. The van der Waals surface area contributed by atoms with Crippen molar-refractivity contribution in [1.82, 2.24) is 5.32 Å². The van der Waals surface area contributed by atoms with Crippen LogP contribution in [0.4, 0.5) is 4.79 Å². The first-order chi connectivity index (χ1) is 12.3. The van der Waals surface area contributed by atoms with E-state index in [1.807, 2.05) is 18.2 Å². The Balaban J connectivity index is 2.04. The second kappa shape index (κ2) is 8.79. The minimum Gasteiger partial charge on any atom is -0.445 e. The fourth-order valence-electron chi connectivity index (χ4n) is 2.26. The number of carbonyl (C=O) groups is 1. The molecule has 7 nitrogen and oxygen atoms in total. The molecule has 0 bridgehead atoms. The van der Waals surface area contributed by atoms with Gasteiger partial charge in [-0.3, -0.25) is 9.50 Å². The Morgan fingerprint density at radius 3 is 2.23 bits per heavy atom. The van der Waals surface area contributed by atoms with Crippen LogP contribution in [0.25, 0.3) is 0 Å². The summed E-state index contributed by atoms with van der Waals surface area (Å²) in [5.74, 6) is 0. The van der Waals surface area contributed by atoms with Crippen molar-refractivity contribution in [1.29, 1.82) is 0 Å². The second-order valence-electron chi connectivity index (χ2n) is 5.69. The summed E-state index contributed by atoms with van der Waals surface area (Å²) in [6, 6.07) is 17.4. The van der Waals surface area contributed by atoms with Crippen molar-refractivity contribution in [2.75, 3.05) is 12.9 Å². The van der Waals surface area contributed by atoms with Crippen LogP contribution >= 0.6 is 0 Å². The predicted octanol–water partition coefficient (Wildman–Crippen LogP) is 2.12. The Bertz CT molecular complexity index is 810. The number of rotatable bonds is 8. The minimum atomic E-state index is -3.66. The summed E-state index contributed by atoms with van der Waals surface area (Å²) in [6.07, 6.45) is -0.0970. The van der Waals surface area contributed by atoms with Crippen LogP contribution < -0.4 is 5.32 Å². The predicted molar refractivity (Wildman–Crippen MR) is 95.5 cm³/mol. The van der Waals surface area contributed by atoms with Gasteiger partial charge in [-0.1, -0.05) is 60.7 Å². The number of carbonyl (C=O) groups excluding carboxylic acids is 1. The quantitative estimate of drug-likeness (QED) is 0.538.